The van der Waals surface area contributed by atoms with Gasteiger partial charge in [-0.15, -0.1) is 0 Å². The minimum Gasteiger partial charge on any atom is -0.496 e. The van der Waals surface area contributed by atoms with Crippen LogP contribution in [0, 0.1) is 0 Å². The fourth-order valence-electron chi connectivity index (χ4n) is 1.91. The summed E-state index contributed by atoms with van der Waals surface area (Å²) in [6.07, 6.45) is 0. The fraction of sp³-hybridized carbons (Fsp3) is 0.533. The molecule has 0 fully saturated rings. The Labute approximate surface area is 115 Å². The summed E-state index contributed by atoms with van der Waals surface area (Å²) in [4.78, 5) is 14.1. The molecule has 0 aromatic heterocycles. The van der Waals surface area contributed by atoms with Gasteiger partial charge >= 0.3 is 0 Å². The molecule has 1 rings (SSSR count). The molecule has 4 heteroatoms. The highest BCUT2D eigenvalue weighted by molar-refractivity contribution is 5.81. The van der Waals surface area contributed by atoms with E-state index in [-0.39, 0.29) is 18.0 Å². The zero-order chi connectivity index (χ0) is 14.4. The van der Waals surface area contributed by atoms with Crippen molar-refractivity contribution in [3.63, 3.8) is 0 Å². The second-order valence-electron chi connectivity index (χ2n) is 4.72. The zero-order valence-electron chi connectivity index (χ0n) is 12.4. The molecule has 2 atom stereocenters. The minimum atomic E-state index is -0.137. The molecule has 2 unspecified atom stereocenters. The molecular formula is C15H24N2O2. The predicted octanol–water partition coefficient (Wildman–Crippen LogP) is 2.21. The number of benzene rings is 1. The maximum absolute atomic E-state index is 12.1. The van der Waals surface area contributed by atoms with Gasteiger partial charge in [-0.05, 0) is 33.5 Å². The lowest BCUT2D eigenvalue weighted by molar-refractivity contribution is -0.126. The van der Waals surface area contributed by atoms with Crippen molar-refractivity contribution in [1.82, 2.24) is 10.2 Å². The highest BCUT2D eigenvalue weighted by atomic mass is 16.5. The van der Waals surface area contributed by atoms with Crippen LogP contribution in [0.1, 0.15) is 32.4 Å². The van der Waals surface area contributed by atoms with Crippen molar-refractivity contribution < 1.29 is 9.53 Å². The van der Waals surface area contributed by atoms with E-state index in [0.717, 1.165) is 17.9 Å². The van der Waals surface area contributed by atoms with Crippen LogP contribution in [0.25, 0.3) is 0 Å². The molecule has 0 saturated heterocycles. The summed E-state index contributed by atoms with van der Waals surface area (Å²) in [6, 6.07) is 7.53. The van der Waals surface area contributed by atoms with E-state index in [9.17, 15) is 4.79 Å². The number of nitrogens with zero attached hydrogens (tertiary/aromatic N) is 1. The standard InChI is InChI=1S/C15H24N2O2/c1-6-17(4)12(3)15(18)16-11(2)13-9-7-8-10-14(13)19-5/h7-12H,6H2,1-5H3,(H,16,18). The highest BCUT2D eigenvalue weighted by Crippen LogP contribution is 2.24. The summed E-state index contributed by atoms with van der Waals surface area (Å²) in [5.41, 5.74) is 0.990. The molecule has 0 spiro atoms. The van der Waals surface area contributed by atoms with Crippen LogP contribution < -0.4 is 10.1 Å². The second-order valence-corrected chi connectivity index (χ2v) is 4.72. The number of carbonyl (C=O) groups excluding carboxylic acids is 1. The van der Waals surface area contributed by atoms with Gasteiger partial charge in [-0.2, -0.15) is 0 Å². The monoisotopic (exact) mass is 264 g/mol. The summed E-state index contributed by atoms with van der Waals surface area (Å²) in [5, 5.41) is 3.03. The number of carbonyl (C=O) groups is 1. The van der Waals surface area contributed by atoms with Crippen LogP contribution in [0.5, 0.6) is 5.75 Å². The third-order valence-corrected chi connectivity index (χ3v) is 3.50. The van der Waals surface area contributed by atoms with Crippen LogP contribution in [-0.2, 0) is 4.79 Å². The first kappa shape index (κ1) is 15.5. The third-order valence-electron chi connectivity index (χ3n) is 3.50. The number of likely N-dealkylation sites (N-methyl/N-ethyl adjacent to an activating group) is 1. The van der Waals surface area contributed by atoms with Crippen LogP contribution in [-0.4, -0.2) is 37.6 Å². The average molecular weight is 264 g/mol. The SMILES string of the molecule is CCN(C)C(C)C(=O)NC(C)c1ccccc1OC. The number of ether oxygens (including phenoxy) is 1. The minimum absolute atomic E-state index is 0.0303. The van der Waals surface area contributed by atoms with E-state index in [1.165, 1.54) is 0 Å². The Morgan fingerprint density at radius 1 is 1.37 bits per heavy atom. The highest BCUT2D eigenvalue weighted by Gasteiger charge is 2.20. The molecule has 0 saturated carbocycles. The maximum atomic E-state index is 12.1. The van der Waals surface area contributed by atoms with E-state index in [1.807, 2.05) is 57.0 Å². The Hall–Kier alpha value is -1.55. The predicted molar refractivity (Wildman–Crippen MR) is 77.3 cm³/mol. The summed E-state index contributed by atoms with van der Waals surface area (Å²) in [7, 11) is 3.58. The lowest BCUT2D eigenvalue weighted by Gasteiger charge is -2.25. The lowest BCUT2D eigenvalue weighted by atomic mass is 10.1. The van der Waals surface area contributed by atoms with E-state index in [2.05, 4.69) is 5.32 Å². The smallest absolute Gasteiger partial charge is 0.237 e. The van der Waals surface area contributed by atoms with Crippen molar-refractivity contribution in [1.29, 1.82) is 0 Å². The van der Waals surface area contributed by atoms with Crippen molar-refractivity contribution in [2.24, 2.45) is 0 Å². The Balaban J connectivity index is 2.74. The number of amides is 1. The van der Waals surface area contributed by atoms with Crippen LogP contribution >= 0.6 is 0 Å². The zero-order valence-corrected chi connectivity index (χ0v) is 12.4. The molecular weight excluding hydrogens is 240 g/mol. The summed E-state index contributed by atoms with van der Waals surface area (Å²) in [6.45, 7) is 6.76. The quantitative estimate of drug-likeness (QED) is 0.856. The Morgan fingerprint density at radius 3 is 2.58 bits per heavy atom. The van der Waals surface area contributed by atoms with Gasteiger partial charge in [0.15, 0.2) is 0 Å². The Morgan fingerprint density at radius 2 is 2.00 bits per heavy atom. The first-order valence-corrected chi connectivity index (χ1v) is 6.64. The van der Waals surface area contributed by atoms with E-state index >= 15 is 0 Å². The first-order chi connectivity index (χ1) is 9.01. The molecule has 0 aliphatic heterocycles. The van der Waals surface area contributed by atoms with E-state index in [1.54, 1.807) is 7.11 Å². The van der Waals surface area contributed by atoms with Gasteiger partial charge in [0, 0.05) is 5.56 Å². The topological polar surface area (TPSA) is 41.6 Å². The molecule has 1 aromatic rings. The number of hydrogen-bond acceptors (Lipinski definition) is 3. The lowest BCUT2D eigenvalue weighted by Crippen LogP contribution is -2.43. The molecule has 0 radical (unpaired) electrons. The van der Waals surface area contributed by atoms with Gasteiger partial charge in [0.1, 0.15) is 5.75 Å². The van der Waals surface area contributed by atoms with Crippen molar-refractivity contribution in [3.05, 3.63) is 29.8 Å². The van der Waals surface area contributed by atoms with Gasteiger partial charge in [-0.25, -0.2) is 0 Å². The van der Waals surface area contributed by atoms with Gasteiger partial charge in [0.2, 0.25) is 5.91 Å². The van der Waals surface area contributed by atoms with Crippen molar-refractivity contribution in [2.75, 3.05) is 20.7 Å². The Kier molecular flexibility index (Phi) is 5.83. The molecule has 0 aliphatic carbocycles. The molecule has 106 valence electrons. The fourth-order valence-corrected chi connectivity index (χ4v) is 1.91. The maximum Gasteiger partial charge on any atom is 0.237 e. The summed E-state index contributed by atoms with van der Waals surface area (Å²) >= 11 is 0. The average Bonchev–Trinajstić information content (AvgIpc) is 2.45. The van der Waals surface area contributed by atoms with Gasteiger partial charge in [0.05, 0.1) is 19.2 Å². The molecule has 1 amide bonds. The first-order valence-electron chi connectivity index (χ1n) is 6.64. The summed E-state index contributed by atoms with van der Waals surface area (Å²) in [5.74, 6) is 0.828. The van der Waals surface area contributed by atoms with Crippen LogP contribution in [0.4, 0.5) is 0 Å². The molecule has 4 nitrogen and oxygen atoms in total. The largest absolute Gasteiger partial charge is 0.496 e. The van der Waals surface area contributed by atoms with Crippen molar-refractivity contribution in [2.45, 2.75) is 32.9 Å². The Bertz CT molecular complexity index is 420. The third kappa shape index (κ3) is 3.96. The normalized spacial score (nSPS) is 14.0. The van der Waals surface area contributed by atoms with Gasteiger partial charge in [0.25, 0.3) is 0 Å². The van der Waals surface area contributed by atoms with Crippen molar-refractivity contribution in [3.8, 4) is 5.75 Å². The van der Waals surface area contributed by atoms with E-state index in [4.69, 9.17) is 4.74 Å². The molecule has 0 heterocycles. The van der Waals surface area contributed by atoms with Gasteiger partial charge in [-0.1, -0.05) is 25.1 Å². The molecule has 1 N–H and O–H groups in total. The summed E-state index contributed by atoms with van der Waals surface area (Å²) < 4.78 is 5.32. The molecule has 0 bridgehead atoms. The molecule has 19 heavy (non-hydrogen) atoms. The second kappa shape index (κ2) is 7.14. The van der Waals surface area contributed by atoms with Crippen LogP contribution in [0.3, 0.4) is 0 Å². The van der Waals surface area contributed by atoms with Crippen LogP contribution in [0.2, 0.25) is 0 Å². The van der Waals surface area contributed by atoms with E-state index < -0.39 is 0 Å². The van der Waals surface area contributed by atoms with E-state index in [0.29, 0.717) is 0 Å². The number of rotatable bonds is 6. The number of methoxy groups -OCH3 is 1. The molecule has 1 aromatic carbocycles. The number of nitrogens with one attached hydrogen (secondary N) is 1. The van der Waals surface area contributed by atoms with Gasteiger partial charge < -0.3 is 10.1 Å². The van der Waals surface area contributed by atoms with Crippen LogP contribution in [0.15, 0.2) is 24.3 Å². The van der Waals surface area contributed by atoms with Gasteiger partial charge in [-0.3, -0.25) is 9.69 Å². The molecule has 0 aliphatic rings. The van der Waals surface area contributed by atoms with Crippen molar-refractivity contribution >= 4 is 5.91 Å². The number of hydrogen-bond donors (Lipinski definition) is 1. The number of para-hydroxylation sites is 1.